The number of hydrogen-bond donors (Lipinski definition) is 1. The SMILES string of the molecule is C[C@H]1CCC[C@H](C)N1C(=O)COc1ccc(C(=O)OCC(=O)NC2CCCCCC2)cc1. The number of benzene rings is 1. The first-order valence-corrected chi connectivity index (χ1v) is 11.9. The number of carbonyl (C=O) groups is 3. The average molecular weight is 445 g/mol. The van der Waals surface area contributed by atoms with Crippen molar-refractivity contribution >= 4 is 17.8 Å². The number of rotatable bonds is 7. The highest BCUT2D eigenvalue weighted by molar-refractivity contribution is 5.91. The molecule has 0 spiro atoms. The highest BCUT2D eigenvalue weighted by Gasteiger charge is 2.29. The molecule has 7 heteroatoms. The molecule has 0 bridgehead atoms. The second-order valence-electron chi connectivity index (χ2n) is 9.08. The summed E-state index contributed by atoms with van der Waals surface area (Å²) in [6, 6.07) is 7.07. The fourth-order valence-corrected chi connectivity index (χ4v) is 4.73. The Kier molecular flexibility index (Phi) is 8.94. The van der Waals surface area contributed by atoms with Crippen molar-refractivity contribution < 1.29 is 23.9 Å². The second-order valence-corrected chi connectivity index (χ2v) is 9.08. The van der Waals surface area contributed by atoms with E-state index in [-0.39, 0.29) is 43.2 Å². The first-order valence-electron chi connectivity index (χ1n) is 11.9. The smallest absolute Gasteiger partial charge is 0.338 e. The molecule has 1 N–H and O–H groups in total. The van der Waals surface area contributed by atoms with Crippen molar-refractivity contribution in [2.45, 2.75) is 89.8 Å². The number of hydrogen-bond acceptors (Lipinski definition) is 5. The van der Waals surface area contributed by atoms with Crippen LogP contribution in [0, 0.1) is 0 Å². The van der Waals surface area contributed by atoms with Gasteiger partial charge in [-0.2, -0.15) is 0 Å². The van der Waals surface area contributed by atoms with E-state index < -0.39 is 5.97 Å². The molecule has 3 rings (SSSR count). The molecule has 1 saturated heterocycles. The van der Waals surface area contributed by atoms with Crippen molar-refractivity contribution in [1.29, 1.82) is 0 Å². The van der Waals surface area contributed by atoms with Gasteiger partial charge in [0.2, 0.25) is 0 Å². The van der Waals surface area contributed by atoms with Gasteiger partial charge in [0, 0.05) is 18.1 Å². The minimum Gasteiger partial charge on any atom is -0.484 e. The summed E-state index contributed by atoms with van der Waals surface area (Å²) in [5, 5.41) is 2.96. The van der Waals surface area contributed by atoms with Crippen LogP contribution in [-0.4, -0.2) is 54.0 Å². The van der Waals surface area contributed by atoms with Crippen LogP contribution in [0.3, 0.4) is 0 Å². The lowest BCUT2D eigenvalue weighted by Gasteiger charge is -2.38. The summed E-state index contributed by atoms with van der Waals surface area (Å²) in [4.78, 5) is 38.8. The number of esters is 1. The van der Waals surface area contributed by atoms with E-state index in [9.17, 15) is 14.4 Å². The zero-order chi connectivity index (χ0) is 22.9. The maximum absolute atomic E-state index is 12.6. The maximum atomic E-state index is 12.6. The van der Waals surface area contributed by atoms with E-state index >= 15 is 0 Å². The fourth-order valence-electron chi connectivity index (χ4n) is 4.73. The standard InChI is InChI=1S/C25H36N2O5/c1-18-8-7-9-19(2)27(18)24(29)17-31-22-14-12-20(13-15-22)25(30)32-16-23(28)26-21-10-5-3-4-6-11-21/h12-15,18-19,21H,3-11,16-17H2,1-2H3,(H,26,28)/t18-,19-/m0/s1. The molecule has 1 saturated carbocycles. The molecule has 1 aromatic rings. The molecule has 0 radical (unpaired) electrons. The van der Waals surface area contributed by atoms with Gasteiger partial charge < -0.3 is 19.7 Å². The number of nitrogens with one attached hydrogen (secondary N) is 1. The van der Waals surface area contributed by atoms with Gasteiger partial charge in [-0.05, 0) is 70.2 Å². The monoisotopic (exact) mass is 444 g/mol. The molecule has 2 amide bonds. The van der Waals surface area contributed by atoms with E-state index in [1.54, 1.807) is 24.3 Å². The quantitative estimate of drug-likeness (QED) is 0.510. The maximum Gasteiger partial charge on any atom is 0.338 e. The molecule has 1 aliphatic heterocycles. The normalized spacial score (nSPS) is 22.0. The summed E-state index contributed by atoms with van der Waals surface area (Å²) in [7, 11) is 0. The van der Waals surface area contributed by atoms with Gasteiger partial charge in [0.25, 0.3) is 11.8 Å². The number of amides is 2. The third-order valence-electron chi connectivity index (χ3n) is 6.49. The number of nitrogens with zero attached hydrogens (tertiary/aromatic N) is 1. The van der Waals surface area contributed by atoms with E-state index in [0.717, 1.165) is 44.9 Å². The molecular weight excluding hydrogens is 408 g/mol. The fraction of sp³-hybridized carbons (Fsp3) is 0.640. The van der Waals surface area contributed by atoms with Crippen molar-refractivity contribution in [2.75, 3.05) is 13.2 Å². The van der Waals surface area contributed by atoms with Crippen molar-refractivity contribution in [1.82, 2.24) is 10.2 Å². The second kappa shape index (κ2) is 11.9. The Morgan fingerprint density at radius 3 is 2.12 bits per heavy atom. The van der Waals surface area contributed by atoms with Crippen LogP contribution in [0.25, 0.3) is 0 Å². The van der Waals surface area contributed by atoms with E-state index in [1.165, 1.54) is 12.8 Å². The number of ether oxygens (including phenoxy) is 2. The molecule has 7 nitrogen and oxygen atoms in total. The first kappa shape index (κ1) is 24.1. The lowest BCUT2D eigenvalue weighted by atomic mass is 9.97. The van der Waals surface area contributed by atoms with Crippen molar-refractivity contribution in [2.24, 2.45) is 0 Å². The summed E-state index contributed by atoms with van der Waals surface area (Å²) >= 11 is 0. The predicted octanol–water partition coefficient (Wildman–Crippen LogP) is 3.85. The summed E-state index contributed by atoms with van der Waals surface area (Å²) in [6.45, 7) is 3.84. The number of carbonyl (C=O) groups excluding carboxylic acids is 3. The van der Waals surface area contributed by atoms with Crippen LogP contribution in [0.15, 0.2) is 24.3 Å². The topological polar surface area (TPSA) is 84.9 Å². The van der Waals surface area contributed by atoms with Gasteiger partial charge in [-0.1, -0.05) is 25.7 Å². The van der Waals surface area contributed by atoms with Crippen LogP contribution in [-0.2, 0) is 14.3 Å². The minimum absolute atomic E-state index is 0.0205. The Morgan fingerprint density at radius 2 is 1.50 bits per heavy atom. The Hall–Kier alpha value is -2.57. The Labute approximate surface area is 190 Å². The van der Waals surface area contributed by atoms with Crippen LogP contribution in [0.5, 0.6) is 5.75 Å². The zero-order valence-corrected chi connectivity index (χ0v) is 19.3. The van der Waals surface area contributed by atoms with Gasteiger partial charge in [0.1, 0.15) is 5.75 Å². The highest BCUT2D eigenvalue weighted by atomic mass is 16.5. The van der Waals surface area contributed by atoms with Crippen LogP contribution in [0.2, 0.25) is 0 Å². The van der Waals surface area contributed by atoms with Gasteiger partial charge in [-0.3, -0.25) is 9.59 Å². The summed E-state index contributed by atoms with van der Waals surface area (Å²) in [5.41, 5.74) is 0.337. The van der Waals surface area contributed by atoms with Crippen LogP contribution < -0.4 is 10.1 Å². The molecule has 1 aromatic carbocycles. The average Bonchev–Trinajstić information content (AvgIpc) is 3.05. The van der Waals surface area contributed by atoms with Crippen molar-refractivity contribution in [3.63, 3.8) is 0 Å². The van der Waals surface area contributed by atoms with Crippen LogP contribution in [0.1, 0.15) is 82.0 Å². The van der Waals surface area contributed by atoms with E-state index in [2.05, 4.69) is 19.2 Å². The molecule has 0 aromatic heterocycles. The zero-order valence-electron chi connectivity index (χ0n) is 19.3. The number of piperidine rings is 1. The van der Waals surface area contributed by atoms with Crippen molar-refractivity contribution in [3.8, 4) is 5.75 Å². The molecular formula is C25H36N2O5. The van der Waals surface area contributed by atoms with E-state index in [0.29, 0.717) is 11.3 Å². The third kappa shape index (κ3) is 6.97. The molecule has 1 aliphatic carbocycles. The largest absolute Gasteiger partial charge is 0.484 e. The Morgan fingerprint density at radius 1 is 0.875 bits per heavy atom. The first-order chi connectivity index (χ1) is 15.4. The lowest BCUT2D eigenvalue weighted by Crippen LogP contribution is -2.49. The van der Waals surface area contributed by atoms with Crippen LogP contribution in [0.4, 0.5) is 0 Å². The summed E-state index contributed by atoms with van der Waals surface area (Å²) in [6.07, 6.45) is 9.83. The number of likely N-dealkylation sites (tertiary alicyclic amines) is 1. The third-order valence-corrected chi connectivity index (χ3v) is 6.49. The predicted molar refractivity (Wildman–Crippen MR) is 121 cm³/mol. The highest BCUT2D eigenvalue weighted by Crippen LogP contribution is 2.23. The van der Waals surface area contributed by atoms with Crippen molar-refractivity contribution in [3.05, 3.63) is 29.8 Å². The van der Waals surface area contributed by atoms with Gasteiger partial charge in [0.05, 0.1) is 5.56 Å². The molecule has 2 atom stereocenters. The van der Waals surface area contributed by atoms with E-state index in [4.69, 9.17) is 9.47 Å². The lowest BCUT2D eigenvalue weighted by molar-refractivity contribution is -0.139. The molecule has 32 heavy (non-hydrogen) atoms. The summed E-state index contributed by atoms with van der Waals surface area (Å²) < 4.78 is 10.8. The van der Waals surface area contributed by atoms with Crippen LogP contribution >= 0.6 is 0 Å². The van der Waals surface area contributed by atoms with Gasteiger partial charge in [-0.25, -0.2) is 4.79 Å². The molecule has 0 unspecified atom stereocenters. The van der Waals surface area contributed by atoms with E-state index in [1.807, 2.05) is 4.90 Å². The molecule has 2 fully saturated rings. The Bertz CT molecular complexity index is 761. The van der Waals surface area contributed by atoms with Gasteiger partial charge >= 0.3 is 5.97 Å². The summed E-state index contributed by atoms with van der Waals surface area (Å²) in [5.74, 6) is -0.323. The minimum atomic E-state index is -0.556. The molecule has 176 valence electrons. The van der Waals surface area contributed by atoms with Gasteiger partial charge in [-0.15, -0.1) is 0 Å². The van der Waals surface area contributed by atoms with Gasteiger partial charge in [0.15, 0.2) is 13.2 Å². The molecule has 1 heterocycles. The molecule has 2 aliphatic rings. The Balaban J connectivity index is 1.41.